The van der Waals surface area contributed by atoms with Gasteiger partial charge in [0.25, 0.3) is 5.56 Å². The molecule has 2 aliphatic heterocycles. The number of nitrogens with zero attached hydrogens (tertiary/aromatic N) is 1. The van der Waals surface area contributed by atoms with Crippen LogP contribution in [0.1, 0.15) is 124 Å². The maximum atomic E-state index is 13.8. The van der Waals surface area contributed by atoms with Crippen molar-refractivity contribution in [1.29, 1.82) is 0 Å². The molecule has 4 bridgehead atoms. The van der Waals surface area contributed by atoms with Gasteiger partial charge in [0.05, 0.1) is 12.6 Å². The fraction of sp³-hybridized carbons (Fsp3) is 0.738. The second-order valence-electron chi connectivity index (χ2n) is 19.8. The van der Waals surface area contributed by atoms with Crippen LogP contribution in [0.25, 0.3) is 0 Å². The number of carbonyl (C=O) groups excluding carboxylic acids is 1. The van der Waals surface area contributed by atoms with E-state index in [2.05, 4.69) is 76.1 Å². The molecule has 2 spiro atoms. The lowest BCUT2D eigenvalue weighted by Gasteiger charge is -2.60. The Kier molecular flexibility index (Phi) is 10.2. The minimum absolute atomic E-state index is 0.0751. The van der Waals surface area contributed by atoms with E-state index in [1.807, 2.05) is 6.07 Å². The predicted octanol–water partition coefficient (Wildman–Crippen LogP) is 6.43. The lowest BCUT2D eigenvalue weighted by Crippen LogP contribution is -2.64. The molecule has 3 heterocycles. The van der Waals surface area contributed by atoms with E-state index in [4.69, 9.17) is 28.7 Å². The standard InChI is InChI=1S/C42H61N3O9Si/c1-26-24-45(38(48)44-37(26)47)36-23-33(34(50-36)25-49-55(39(2,3)4,40(5,6)7)32-11-9-8-10-12-32)43-35(46)22-27-13-15-41(16-14-27)51-53-42(54-52-41)30-18-28-17-29(20-30)21-31(42)19-28/h8-12,24,27-31,33-34,36H,13-23,25H2,1-7H3,(H,43,46)(H,44,47,48)/t27?,28?,29?,30?,31?,33-,34+,36+,41?,42?/m0/s1. The second kappa shape index (κ2) is 14.3. The first kappa shape index (κ1) is 39.2. The number of hydrogen-bond donors (Lipinski definition) is 2. The molecule has 302 valence electrons. The molecule has 0 radical (unpaired) electrons. The van der Waals surface area contributed by atoms with Crippen molar-refractivity contribution in [3.05, 3.63) is 62.9 Å². The highest BCUT2D eigenvalue weighted by molar-refractivity contribution is 6.91. The van der Waals surface area contributed by atoms with Gasteiger partial charge in [-0.3, -0.25) is 19.1 Å². The second-order valence-corrected chi connectivity index (χ2v) is 25.0. The summed E-state index contributed by atoms with van der Waals surface area (Å²) in [7, 11) is -2.77. The first-order valence-corrected chi connectivity index (χ1v) is 22.6. The van der Waals surface area contributed by atoms with Gasteiger partial charge < -0.3 is 14.5 Å². The molecule has 1 aromatic heterocycles. The maximum Gasteiger partial charge on any atom is 0.330 e. The molecule has 0 unspecified atom stereocenters. The number of rotatable bonds is 8. The highest BCUT2D eigenvalue weighted by Gasteiger charge is 2.65. The Morgan fingerprint density at radius 2 is 1.49 bits per heavy atom. The molecule has 3 atom stereocenters. The third kappa shape index (κ3) is 7.03. The van der Waals surface area contributed by atoms with Gasteiger partial charge in [0.2, 0.25) is 25.8 Å². The van der Waals surface area contributed by atoms with Crippen molar-refractivity contribution >= 4 is 19.4 Å². The quantitative estimate of drug-likeness (QED) is 0.230. The lowest BCUT2D eigenvalue weighted by molar-refractivity contribution is -0.680. The molecule has 7 aliphatic rings. The third-order valence-electron chi connectivity index (χ3n) is 14.1. The van der Waals surface area contributed by atoms with Crippen LogP contribution in [0.2, 0.25) is 10.1 Å². The van der Waals surface area contributed by atoms with Crippen LogP contribution in [0.15, 0.2) is 46.1 Å². The summed E-state index contributed by atoms with van der Waals surface area (Å²) in [5.74, 6) is 0.518. The summed E-state index contributed by atoms with van der Waals surface area (Å²) >= 11 is 0. The van der Waals surface area contributed by atoms with Crippen molar-refractivity contribution in [2.45, 2.75) is 159 Å². The van der Waals surface area contributed by atoms with Gasteiger partial charge in [0, 0.05) is 49.3 Å². The normalized spacial score (nSPS) is 36.1. The van der Waals surface area contributed by atoms with Crippen molar-refractivity contribution in [3.63, 3.8) is 0 Å². The average Bonchev–Trinajstić information content (AvgIpc) is 3.51. The molecule has 1 amide bonds. The van der Waals surface area contributed by atoms with Gasteiger partial charge in [-0.1, -0.05) is 71.9 Å². The molecule has 2 N–H and O–H groups in total. The van der Waals surface area contributed by atoms with E-state index >= 15 is 0 Å². The number of amides is 1. The summed E-state index contributed by atoms with van der Waals surface area (Å²) in [5.41, 5.74) is -0.568. The number of ether oxygens (including phenoxy) is 1. The first-order chi connectivity index (χ1) is 26.0. The minimum Gasteiger partial charge on any atom is -0.409 e. The zero-order valence-corrected chi connectivity index (χ0v) is 34.7. The van der Waals surface area contributed by atoms with Gasteiger partial charge in [0.1, 0.15) is 12.3 Å². The number of hydrogen-bond acceptors (Lipinski definition) is 9. The SMILES string of the molecule is Cc1cn([C@H]2C[C@H](NC(=O)CC3CCC4(CC3)OOC3(OO4)C4CC5CC(C4)CC3C5)[C@@H](CO[Si](c3ccccc3)(C(C)(C)C)C(C)(C)C)O2)c(=O)[nH]c1=O. The Hall–Kier alpha value is -2.65. The lowest BCUT2D eigenvalue weighted by atomic mass is 9.53. The van der Waals surface area contributed by atoms with E-state index in [0.29, 0.717) is 43.1 Å². The summed E-state index contributed by atoms with van der Waals surface area (Å²) in [6.45, 7) is 15.4. The minimum atomic E-state index is -2.77. The largest absolute Gasteiger partial charge is 0.409 e. The van der Waals surface area contributed by atoms with Gasteiger partial charge >= 0.3 is 5.69 Å². The molecule has 12 nitrogen and oxygen atoms in total. The van der Waals surface area contributed by atoms with Crippen LogP contribution >= 0.6 is 0 Å². The van der Waals surface area contributed by atoms with Crippen LogP contribution in [0.5, 0.6) is 0 Å². The molecule has 13 heteroatoms. The number of benzene rings is 1. The van der Waals surface area contributed by atoms with Crippen molar-refractivity contribution < 1.29 is 33.5 Å². The Labute approximate surface area is 325 Å². The van der Waals surface area contributed by atoms with E-state index < -0.39 is 49.5 Å². The molecule has 2 saturated heterocycles. The fourth-order valence-corrected chi connectivity index (χ4v) is 17.9. The van der Waals surface area contributed by atoms with E-state index in [-0.39, 0.29) is 28.5 Å². The molecular weight excluding hydrogens is 719 g/mol. The summed E-state index contributed by atoms with van der Waals surface area (Å²) in [5, 5.41) is 4.11. The van der Waals surface area contributed by atoms with Crippen LogP contribution in [0.3, 0.4) is 0 Å². The van der Waals surface area contributed by atoms with Crippen LogP contribution in [-0.2, 0) is 33.5 Å². The molecule has 2 aromatic rings. The Bertz CT molecular complexity index is 1790. The monoisotopic (exact) mass is 779 g/mol. The van der Waals surface area contributed by atoms with Crippen LogP contribution in [0, 0.1) is 36.5 Å². The first-order valence-electron chi connectivity index (χ1n) is 20.7. The van der Waals surface area contributed by atoms with Gasteiger partial charge in [-0.2, -0.15) is 19.6 Å². The zero-order valence-electron chi connectivity index (χ0n) is 33.7. The molecule has 5 saturated carbocycles. The van der Waals surface area contributed by atoms with Gasteiger partial charge in [0.15, 0.2) is 0 Å². The van der Waals surface area contributed by atoms with Crippen molar-refractivity contribution in [3.8, 4) is 0 Å². The van der Waals surface area contributed by atoms with Crippen LogP contribution in [0.4, 0.5) is 0 Å². The number of aromatic amines is 1. The topological polar surface area (TPSA) is 139 Å². The van der Waals surface area contributed by atoms with Crippen LogP contribution < -0.4 is 21.8 Å². The predicted molar refractivity (Wildman–Crippen MR) is 207 cm³/mol. The number of aryl methyl sites for hydroxylation is 1. The molecule has 1 aromatic carbocycles. The highest BCUT2D eigenvalue weighted by Crippen LogP contribution is 2.62. The average molecular weight is 780 g/mol. The van der Waals surface area contributed by atoms with Crippen molar-refractivity contribution in [2.24, 2.45) is 29.6 Å². The van der Waals surface area contributed by atoms with Crippen molar-refractivity contribution in [1.82, 2.24) is 14.9 Å². The van der Waals surface area contributed by atoms with E-state index in [9.17, 15) is 14.4 Å². The summed E-state index contributed by atoms with van der Waals surface area (Å²) in [6, 6.07) is 10.1. The molecule has 9 rings (SSSR count). The van der Waals surface area contributed by atoms with Crippen LogP contribution in [-0.4, -0.2) is 54.1 Å². The molecule has 55 heavy (non-hydrogen) atoms. The summed E-state index contributed by atoms with van der Waals surface area (Å²) in [4.78, 5) is 66.3. The number of H-pyrrole nitrogens is 1. The summed E-state index contributed by atoms with van der Waals surface area (Å²) < 4.78 is 15.3. The Morgan fingerprint density at radius 3 is 2.07 bits per heavy atom. The molecule has 7 fully saturated rings. The maximum absolute atomic E-state index is 13.8. The van der Waals surface area contributed by atoms with E-state index in [1.165, 1.54) is 22.4 Å². The third-order valence-corrected chi connectivity index (χ3v) is 20.0. The Morgan fingerprint density at radius 1 is 0.891 bits per heavy atom. The smallest absolute Gasteiger partial charge is 0.330 e. The Balaban J connectivity index is 0.938. The summed E-state index contributed by atoms with van der Waals surface area (Å²) in [6.07, 6.45) is 9.44. The fourth-order valence-electron chi connectivity index (χ4n) is 11.8. The van der Waals surface area contributed by atoms with Crippen molar-refractivity contribution in [2.75, 3.05) is 6.61 Å². The van der Waals surface area contributed by atoms with E-state index in [0.717, 1.165) is 50.4 Å². The number of nitrogens with one attached hydrogen (secondary N) is 2. The van der Waals surface area contributed by atoms with Gasteiger partial charge in [-0.05, 0) is 84.9 Å². The molecular formula is C42H61N3O9Si. The number of carbonyl (C=O) groups is 1. The molecule has 5 aliphatic carbocycles. The van der Waals surface area contributed by atoms with Gasteiger partial charge in [-0.15, -0.1) is 0 Å². The van der Waals surface area contributed by atoms with Gasteiger partial charge in [-0.25, -0.2) is 4.79 Å². The number of aromatic nitrogens is 2. The zero-order chi connectivity index (χ0) is 39.0. The van der Waals surface area contributed by atoms with E-state index in [1.54, 1.807) is 6.92 Å². The highest BCUT2D eigenvalue weighted by atomic mass is 28.4.